The van der Waals surface area contributed by atoms with Gasteiger partial charge in [-0.3, -0.25) is 0 Å². The molecule has 0 aromatic carbocycles. The van der Waals surface area contributed by atoms with E-state index in [2.05, 4.69) is 0 Å². The third-order valence-electron chi connectivity index (χ3n) is 2.39. The standard InChI is InChI=1S/C8H14F2O/c9-8(10)7(11)6-4-2-1-3-5-6/h6-8,11H,1-5H2/t7-/m1/s1. The van der Waals surface area contributed by atoms with E-state index in [0.29, 0.717) is 0 Å². The lowest BCUT2D eigenvalue weighted by atomic mass is 9.85. The van der Waals surface area contributed by atoms with Crippen molar-refractivity contribution in [1.82, 2.24) is 0 Å². The molecular formula is C8H14F2O. The van der Waals surface area contributed by atoms with Gasteiger partial charge in [0.05, 0.1) is 0 Å². The molecule has 1 N–H and O–H groups in total. The minimum Gasteiger partial charge on any atom is -0.387 e. The average Bonchev–Trinajstić information content (AvgIpc) is 2.05. The van der Waals surface area contributed by atoms with Crippen LogP contribution in [0.15, 0.2) is 0 Å². The number of hydrogen-bond acceptors (Lipinski definition) is 1. The van der Waals surface area contributed by atoms with Crippen LogP contribution in [0.3, 0.4) is 0 Å². The van der Waals surface area contributed by atoms with Crippen LogP contribution in [0.1, 0.15) is 32.1 Å². The Morgan fingerprint density at radius 2 is 1.64 bits per heavy atom. The molecule has 0 bridgehead atoms. The van der Waals surface area contributed by atoms with Gasteiger partial charge in [0.25, 0.3) is 6.43 Å². The Kier molecular flexibility index (Phi) is 3.24. The fourth-order valence-corrected chi connectivity index (χ4v) is 1.68. The number of aliphatic hydroxyl groups is 1. The van der Waals surface area contributed by atoms with Crippen molar-refractivity contribution in [1.29, 1.82) is 0 Å². The monoisotopic (exact) mass is 164 g/mol. The molecule has 0 heterocycles. The van der Waals surface area contributed by atoms with Crippen molar-refractivity contribution >= 4 is 0 Å². The summed E-state index contributed by atoms with van der Waals surface area (Å²) in [5.41, 5.74) is 0. The number of rotatable bonds is 2. The summed E-state index contributed by atoms with van der Waals surface area (Å²) in [7, 11) is 0. The van der Waals surface area contributed by atoms with Gasteiger partial charge in [0.1, 0.15) is 6.10 Å². The molecule has 1 saturated carbocycles. The van der Waals surface area contributed by atoms with Gasteiger partial charge in [-0.1, -0.05) is 19.3 Å². The molecule has 0 aromatic heterocycles. The van der Waals surface area contributed by atoms with E-state index in [0.717, 1.165) is 32.1 Å². The Labute approximate surface area is 65.4 Å². The summed E-state index contributed by atoms with van der Waals surface area (Å²) in [6.07, 6.45) is 0.722. The Bertz CT molecular complexity index is 111. The molecule has 1 atom stereocenters. The summed E-state index contributed by atoms with van der Waals surface area (Å²) in [4.78, 5) is 0. The lowest BCUT2D eigenvalue weighted by Crippen LogP contribution is -2.29. The third kappa shape index (κ3) is 2.40. The molecule has 3 heteroatoms. The minimum atomic E-state index is -2.56. The maximum absolute atomic E-state index is 12.0. The van der Waals surface area contributed by atoms with Crippen molar-refractivity contribution in [2.45, 2.75) is 44.6 Å². The first-order valence-electron chi connectivity index (χ1n) is 4.18. The number of halogens is 2. The first kappa shape index (κ1) is 8.91. The van der Waals surface area contributed by atoms with Gasteiger partial charge >= 0.3 is 0 Å². The molecule has 0 spiro atoms. The Morgan fingerprint density at radius 1 is 1.09 bits per heavy atom. The van der Waals surface area contributed by atoms with Crippen molar-refractivity contribution in [3.05, 3.63) is 0 Å². The van der Waals surface area contributed by atoms with Gasteiger partial charge in [-0.15, -0.1) is 0 Å². The van der Waals surface area contributed by atoms with E-state index < -0.39 is 12.5 Å². The first-order chi connectivity index (χ1) is 5.22. The molecule has 1 aliphatic carbocycles. The van der Waals surface area contributed by atoms with E-state index in [4.69, 9.17) is 5.11 Å². The fraction of sp³-hybridized carbons (Fsp3) is 1.00. The zero-order chi connectivity index (χ0) is 8.27. The van der Waals surface area contributed by atoms with Crippen LogP contribution in [0.2, 0.25) is 0 Å². The van der Waals surface area contributed by atoms with Crippen LogP contribution in [-0.2, 0) is 0 Å². The Hall–Kier alpha value is -0.180. The molecule has 0 radical (unpaired) electrons. The van der Waals surface area contributed by atoms with Crippen molar-refractivity contribution < 1.29 is 13.9 Å². The van der Waals surface area contributed by atoms with Gasteiger partial charge in [-0.25, -0.2) is 8.78 Å². The van der Waals surface area contributed by atoms with Gasteiger partial charge in [0.15, 0.2) is 0 Å². The summed E-state index contributed by atoms with van der Waals surface area (Å²) in [5.74, 6) is -0.149. The van der Waals surface area contributed by atoms with Crippen molar-refractivity contribution in [2.75, 3.05) is 0 Å². The third-order valence-corrected chi connectivity index (χ3v) is 2.39. The van der Waals surface area contributed by atoms with Gasteiger partial charge < -0.3 is 5.11 Å². The highest BCUT2D eigenvalue weighted by Crippen LogP contribution is 2.28. The van der Waals surface area contributed by atoms with E-state index in [9.17, 15) is 8.78 Å². The molecule has 66 valence electrons. The SMILES string of the molecule is O[C@@H](C(F)F)C1CCCCC1. The molecule has 1 fully saturated rings. The quantitative estimate of drug-likeness (QED) is 0.663. The smallest absolute Gasteiger partial charge is 0.264 e. The number of hydrogen-bond donors (Lipinski definition) is 1. The zero-order valence-corrected chi connectivity index (χ0v) is 6.47. The highest BCUT2D eigenvalue weighted by molar-refractivity contribution is 4.74. The highest BCUT2D eigenvalue weighted by Gasteiger charge is 2.28. The fourth-order valence-electron chi connectivity index (χ4n) is 1.68. The van der Waals surface area contributed by atoms with Gasteiger partial charge in [0.2, 0.25) is 0 Å². The van der Waals surface area contributed by atoms with Crippen LogP contribution in [0, 0.1) is 5.92 Å². The molecule has 11 heavy (non-hydrogen) atoms. The molecular weight excluding hydrogens is 150 g/mol. The van der Waals surface area contributed by atoms with Crippen LogP contribution >= 0.6 is 0 Å². The van der Waals surface area contributed by atoms with Crippen LogP contribution in [0.5, 0.6) is 0 Å². The second-order valence-electron chi connectivity index (χ2n) is 3.22. The number of alkyl halides is 2. The van der Waals surface area contributed by atoms with Crippen molar-refractivity contribution in [2.24, 2.45) is 5.92 Å². The molecule has 1 nitrogen and oxygen atoms in total. The van der Waals surface area contributed by atoms with Gasteiger partial charge in [-0.05, 0) is 18.8 Å². The maximum atomic E-state index is 12.0. The maximum Gasteiger partial charge on any atom is 0.264 e. The van der Waals surface area contributed by atoms with E-state index in [1.54, 1.807) is 0 Å². The van der Waals surface area contributed by atoms with Crippen molar-refractivity contribution in [3.63, 3.8) is 0 Å². The normalized spacial score (nSPS) is 24.0. The van der Waals surface area contributed by atoms with Gasteiger partial charge in [-0.2, -0.15) is 0 Å². The first-order valence-corrected chi connectivity index (χ1v) is 4.18. The second-order valence-corrected chi connectivity index (χ2v) is 3.22. The predicted molar refractivity (Wildman–Crippen MR) is 38.6 cm³/mol. The topological polar surface area (TPSA) is 20.2 Å². The molecule has 0 unspecified atom stereocenters. The van der Waals surface area contributed by atoms with Gasteiger partial charge in [0, 0.05) is 0 Å². The van der Waals surface area contributed by atoms with E-state index in [1.807, 2.05) is 0 Å². The largest absolute Gasteiger partial charge is 0.387 e. The average molecular weight is 164 g/mol. The van der Waals surface area contributed by atoms with E-state index >= 15 is 0 Å². The van der Waals surface area contributed by atoms with Crippen molar-refractivity contribution in [3.8, 4) is 0 Å². The highest BCUT2D eigenvalue weighted by atomic mass is 19.3. The van der Waals surface area contributed by atoms with Crippen LogP contribution in [0.4, 0.5) is 8.78 Å². The summed E-state index contributed by atoms with van der Waals surface area (Å²) in [6, 6.07) is 0. The molecule has 1 rings (SSSR count). The lowest BCUT2D eigenvalue weighted by Gasteiger charge is -2.25. The molecule has 0 aromatic rings. The summed E-state index contributed by atoms with van der Waals surface area (Å²) in [6.45, 7) is 0. The van der Waals surface area contributed by atoms with E-state index in [1.165, 1.54) is 0 Å². The molecule has 0 saturated heterocycles. The summed E-state index contributed by atoms with van der Waals surface area (Å²) >= 11 is 0. The predicted octanol–water partition coefficient (Wildman–Crippen LogP) is 2.19. The summed E-state index contributed by atoms with van der Waals surface area (Å²) in [5, 5.41) is 9.00. The molecule has 0 amide bonds. The number of aliphatic hydroxyl groups excluding tert-OH is 1. The van der Waals surface area contributed by atoms with E-state index in [-0.39, 0.29) is 5.92 Å². The Balaban J connectivity index is 2.32. The lowest BCUT2D eigenvalue weighted by molar-refractivity contribution is -0.0471. The van der Waals surface area contributed by atoms with Crippen LogP contribution in [0.25, 0.3) is 0 Å². The summed E-state index contributed by atoms with van der Waals surface area (Å²) < 4.78 is 23.9. The minimum absolute atomic E-state index is 0.149. The molecule has 1 aliphatic rings. The second kappa shape index (κ2) is 4.00. The zero-order valence-electron chi connectivity index (χ0n) is 6.47. The molecule has 0 aliphatic heterocycles. The Morgan fingerprint density at radius 3 is 2.09 bits per heavy atom. The van der Waals surface area contributed by atoms with Crippen LogP contribution < -0.4 is 0 Å². The van der Waals surface area contributed by atoms with Crippen LogP contribution in [-0.4, -0.2) is 17.6 Å².